The fourth-order valence-corrected chi connectivity index (χ4v) is 3.68. The first kappa shape index (κ1) is 21.2. The summed E-state index contributed by atoms with van der Waals surface area (Å²) >= 11 is 1.38. The Balaban J connectivity index is 1.78. The Bertz CT molecular complexity index is 980. The number of nitrogens with one attached hydrogen (secondary N) is 1. The van der Waals surface area contributed by atoms with Gasteiger partial charge in [0.05, 0.1) is 11.3 Å². The second kappa shape index (κ2) is 10.3. The molecule has 0 unspecified atom stereocenters. The van der Waals surface area contributed by atoms with Crippen LogP contribution in [0.4, 0.5) is 4.39 Å². The first-order valence-electron chi connectivity index (χ1n) is 9.59. The maximum atomic E-state index is 13.3. The number of hydrogen-bond acceptors (Lipinski definition) is 5. The number of aryl methyl sites for hydroxylation is 1. The molecule has 7 heteroatoms. The second-order valence-electron chi connectivity index (χ2n) is 6.52. The first-order chi connectivity index (χ1) is 14.1. The fraction of sp³-hybridized carbons (Fsp3) is 0.318. The van der Waals surface area contributed by atoms with E-state index >= 15 is 0 Å². The summed E-state index contributed by atoms with van der Waals surface area (Å²) < 4.78 is 18.6. The van der Waals surface area contributed by atoms with E-state index in [0.717, 1.165) is 33.5 Å². The minimum atomic E-state index is -0.304. The number of thioether (sulfide) groups is 1. The fourth-order valence-electron chi connectivity index (χ4n) is 2.84. The van der Waals surface area contributed by atoms with Gasteiger partial charge in [0, 0.05) is 30.7 Å². The molecule has 1 N–H and O–H groups in total. The molecule has 3 rings (SSSR count). The summed E-state index contributed by atoms with van der Waals surface area (Å²) in [5.74, 6) is 0.430. The van der Waals surface area contributed by atoms with Crippen molar-refractivity contribution < 1.29 is 13.9 Å². The quantitative estimate of drug-likeness (QED) is 0.320. The molecule has 1 aromatic heterocycles. The van der Waals surface area contributed by atoms with E-state index in [1.54, 1.807) is 12.1 Å². The van der Waals surface area contributed by atoms with Crippen LogP contribution in [0.2, 0.25) is 0 Å². The van der Waals surface area contributed by atoms with Crippen LogP contribution in [0.25, 0.3) is 22.3 Å². The smallest absolute Gasteiger partial charge is 0.230 e. The van der Waals surface area contributed by atoms with Crippen molar-refractivity contribution in [3.63, 3.8) is 0 Å². The highest BCUT2D eigenvalue weighted by Crippen LogP contribution is 2.30. The molecule has 5 nitrogen and oxygen atoms in total. The number of fused-ring (bicyclic) bond motifs is 1. The molecule has 2 aromatic carbocycles. The van der Waals surface area contributed by atoms with E-state index < -0.39 is 0 Å². The maximum Gasteiger partial charge on any atom is 0.230 e. The van der Waals surface area contributed by atoms with E-state index in [4.69, 9.17) is 4.74 Å². The Morgan fingerprint density at radius 1 is 1.17 bits per heavy atom. The standard InChI is InChI=1S/C22H24FN3O2S/c1-3-28-13-5-12-24-19(27)14-29-22-18-7-4-6-15(2)20(18)25-21(26-22)16-8-10-17(23)11-9-16/h4,6-11H,3,5,12-14H2,1-2H3,(H,24,27). The summed E-state index contributed by atoms with van der Waals surface area (Å²) in [4.78, 5) is 21.5. The van der Waals surface area contributed by atoms with Gasteiger partial charge < -0.3 is 10.1 Å². The number of rotatable bonds is 9. The lowest BCUT2D eigenvalue weighted by Crippen LogP contribution is -2.26. The summed E-state index contributed by atoms with van der Waals surface area (Å²) in [5.41, 5.74) is 2.59. The number of hydrogen-bond donors (Lipinski definition) is 1. The Kier molecular flexibility index (Phi) is 7.55. The van der Waals surface area contributed by atoms with Gasteiger partial charge in [0.25, 0.3) is 0 Å². The van der Waals surface area contributed by atoms with Gasteiger partial charge in [0.15, 0.2) is 5.82 Å². The Hall–Kier alpha value is -2.51. The lowest BCUT2D eigenvalue weighted by atomic mass is 10.1. The van der Waals surface area contributed by atoms with Crippen LogP contribution < -0.4 is 5.32 Å². The molecule has 0 atom stereocenters. The van der Waals surface area contributed by atoms with E-state index in [-0.39, 0.29) is 17.5 Å². The van der Waals surface area contributed by atoms with Gasteiger partial charge in [-0.05, 0) is 50.1 Å². The van der Waals surface area contributed by atoms with E-state index in [9.17, 15) is 9.18 Å². The normalized spacial score (nSPS) is 11.0. The van der Waals surface area contributed by atoms with Crippen LogP contribution in [0.5, 0.6) is 0 Å². The summed E-state index contributed by atoms with van der Waals surface area (Å²) in [7, 11) is 0. The van der Waals surface area contributed by atoms with E-state index in [0.29, 0.717) is 25.6 Å². The third kappa shape index (κ3) is 5.74. The molecule has 0 aliphatic carbocycles. The molecule has 1 amide bonds. The number of benzene rings is 2. The summed E-state index contributed by atoms with van der Waals surface area (Å²) in [5, 5.41) is 4.54. The Morgan fingerprint density at radius 3 is 2.72 bits per heavy atom. The van der Waals surface area contributed by atoms with E-state index in [2.05, 4.69) is 15.3 Å². The largest absolute Gasteiger partial charge is 0.382 e. The van der Waals surface area contributed by atoms with Gasteiger partial charge in [-0.2, -0.15) is 0 Å². The zero-order chi connectivity index (χ0) is 20.6. The van der Waals surface area contributed by atoms with Gasteiger partial charge in [0.1, 0.15) is 10.8 Å². The molecule has 0 radical (unpaired) electrons. The second-order valence-corrected chi connectivity index (χ2v) is 7.48. The number of ether oxygens (including phenoxy) is 1. The van der Waals surface area contributed by atoms with Crippen molar-refractivity contribution in [3.05, 3.63) is 53.8 Å². The summed E-state index contributed by atoms with van der Waals surface area (Å²) in [6.07, 6.45) is 0.786. The molecule has 29 heavy (non-hydrogen) atoms. The zero-order valence-electron chi connectivity index (χ0n) is 16.6. The number of nitrogens with zero attached hydrogens (tertiary/aromatic N) is 2. The number of halogens is 1. The van der Waals surface area contributed by atoms with Crippen molar-refractivity contribution >= 4 is 28.6 Å². The van der Waals surface area contributed by atoms with Crippen molar-refractivity contribution in [2.24, 2.45) is 0 Å². The van der Waals surface area contributed by atoms with Crippen molar-refractivity contribution in [1.82, 2.24) is 15.3 Å². The van der Waals surface area contributed by atoms with Crippen LogP contribution in [-0.2, 0) is 9.53 Å². The highest BCUT2D eigenvalue weighted by molar-refractivity contribution is 8.00. The van der Waals surface area contributed by atoms with Crippen LogP contribution in [0.3, 0.4) is 0 Å². The van der Waals surface area contributed by atoms with Crippen LogP contribution in [0.1, 0.15) is 18.9 Å². The summed E-state index contributed by atoms with van der Waals surface area (Å²) in [6.45, 7) is 5.84. The van der Waals surface area contributed by atoms with Crippen LogP contribution in [0, 0.1) is 12.7 Å². The average molecular weight is 414 g/mol. The molecule has 0 bridgehead atoms. The van der Waals surface area contributed by atoms with Gasteiger partial charge in [-0.1, -0.05) is 30.0 Å². The van der Waals surface area contributed by atoms with Gasteiger partial charge >= 0.3 is 0 Å². The highest BCUT2D eigenvalue weighted by atomic mass is 32.2. The molecule has 0 saturated heterocycles. The van der Waals surface area contributed by atoms with Crippen LogP contribution >= 0.6 is 11.8 Å². The Morgan fingerprint density at radius 2 is 1.97 bits per heavy atom. The predicted molar refractivity (Wildman–Crippen MR) is 115 cm³/mol. The number of aromatic nitrogens is 2. The molecule has 3 aromatic rings. The van der Waals surface area contributed by atoms with Gasteiger partial charge in [-0.25, -0.2) is 14.4 Å². The average Bonchev–Trinajstić information content (AvgIpc) is 2.73. The van der Waals surface area contributed by atoms with Crippen LogP contribution in [-0.4, -0.2) is 41.4 Å². The monoisotopic (exact) mass is 413 g/mol. The molecular weight excluding hydrogens is 389 g/mol. The molecule has 152 valence electrons. The predicted octanol–water partition coefficient (Wildman–Crippen LogP) is 4.38. The third-order valence-corrected chi connectivity index (χ3v) is 5.32. The van der Waals surface area contributed by atoms with Crippen molar-refractivity contribution in [3.8, 4) is 11.4 Å². The first-order valence-corrected chi connectivity index (χ1v) is 10.6. The van der Waals surface area contributed by atoms with Crippen LogP contribution in [0.15, 0.2) is 47.5 Å². The van der Waals surface area contributed by atoms with Gasteiger partial charge in [-0.15, -0.1) is 0 Å². The Labute approximate surface area is 174 Å². The van der Waals surface area contributed by atoms with Gasteiger partial charge in [-0.3, -0.25) is 4.79 Å². The molecule has 0 fully saturated rings. The molecule has 0 aliphatic heterocycles. The topological polar surface area (TPSA) is 64.1 Å². The van der Waals surface area contributed by atoms with E-state index in [1.165, 1.54) is 23.9 Å². The number of amides is 1. The highest BCUT2D eigenvalue weighted by Gasteiger charge is 2.13. The molecule has 0 spiro atoms. The zero-order valence-corrected chi connectivity index (χ0v) is 17.4. The van der Waals surface area contributed by atoms with Gasteiger partial charge in [0.2, 0.25) is 5.91 Å². The number of carbonyl (C=O) groups is 1. The van der Waals surface area contributed by atoms with E-state index in [1.807, 2.05) is 32.0 Å². The minimum absolute atomic E-state index is 0.0470. The maximum absolute atomic E-state index is 13.3. The number of para-hydroxylation sites is 1. The third-order valence-electron chi connectivity index (χ3n) is 4.33. The lowest BCUT2D eigenvalue weighted by Gasteiger charge is -2.10. The molecular formula is C22H24FN3O2S. The molecule has 0 saturated carbocycles. The van der Waals surface area contributed by atoms with Crippen molar-refractivity contribution in [2.45, 2.75) is 25.3 Å². The molecule has 1 heterocycles. The summed E-state index contributed by atoms with van der Waals surface area (Å²) in [6, 6.07) is 12.0. The lowest BCUT2D eigenvalue weighted by molar-refractivity contribution is -0.118. The SMILES string of the molecule is CCOCCCNC(=O)CSc1nc(-c2ccc(F)cc2)nc2c(C)cccc12. The van der Waals surface area contributed by atoms with Crippen molar-refractivity contribution in [1.29, 1.82) is 0 Å². The number of carbonyl (C=O) groups excluding carboxylic acids is 1. The minimum Gasteiger partial charge on any atom is -0.382 e. The van der Waals surface area contributed by atoms with Crippen molar-refractivity contribution in [2.75, 3.05) is 25.5 Å². The molecule has 0 aliphatic rings.